The summed E-state index contributed by atoms with van der Waals surface area (Å²) < 4.78 is 5.92. The van der Waals surface area contributed by atoms with Gasteiger partial charge in [0.15, 0.2) is 5.60 Å². The van der Waals surface area contributed by atoms with E-state index in [-0.39, 0.29) is 17.7 Å². The molecule has 5 nitrogen and oxygen atoms in total. The normalized spacial score (nSPS) is 21.8. The summed E-state index contributed by atoms with van der Waals surface area (Å²) in [4.78, 5) is 30.8. The number of amides is 2. The third-order valence-corrected chi connectivity index (χ3v) is 6.85. The highest BCUT2D eigenvalue weighted by Gasteiger charge is 2.47. The molecule has 154 valence electrons. The van der Waals surface area contributed by atoms with E-state index in [1.54, 1.807) is 54.3 Å². The van der Waals surface area contributed by atoms with E-state index in [2.05, 4.69) is 11.4 Å². The minimum absolute atomic E-state index is 0.0672. The zero-order valence-electron chi connectivity index (χ0n) is 16.6. The minimum atomic E-state index is -0.985. The number of piperazine rings is 1. The first-order chi connectivity index (χ1) is 13.8. The molecule has 7 heteroatoms. The van der Waals surface area contributed by atoms with Crippen molar-refractivity contribution in [3.05, 3.63) is 51.7 Å². The second kappa shape index (κ2) is 8.00. The van der Waals surface area contributed by atoms with E-state index in [9.17, 15) is 9.59 Å². The Morgan fingerprint density at radius 2 is 1.72 bits per heavy atom. The van der Waals surface area contributed by atoms with Crippen molar-refractivity contribution in [2.24, 2.45) is 5.92 Å². The maximum absolute atomic E-state index is 13.0. The minimum Gasteiger partial charge on any atom is -0.478 e. The Labute approximate surface area is 180 Å². The molecular formula is C22H25ClN2O3S. The number of carbonyl (C=O) groups is 2. The topological polar surface area (TPSA) is 49.9 Å². The lowest BCUT2D eigenvalue weighted by atomic mass is 10.1. The summed E-state index contributed by atoms with van der Waals surface area (Å²) >= 11 is 7.63. The van der Waals surface area contributed by atoms with Crippen LogP contribution in [0, 0.1) is 5.92 Å². The largest absolute Gasteiger partial charge is 0.478 e. The number of thiophene rings is 1. The molecule has 4 rings (SSSR count). The molecule has 0 unspecified atom stereocenters. The van der Waals surface area contributed by atoms with Crippen molar-refractivity contribution in [2.45, 2.75) is 31.8 Å². The molecule has 1 aliphatic carbocycles. The van der Waals surface area contributed by atoms with Crippen LogP contribution in [0.2, 0.25) is 5.02 Å². The van der Waals surface area contributed by atoms with Gasteiger partial charge in [0.25, 0.3) is 5.91 Å². The van der Waals surface area contributed by atoms with Gasteiger partial charge in [-0.1, -0.05) is 17.7 Å². The average molecular weight is 433 g/mol. The Hall–Kier alpha value is -2.05. The van der Waals surface area contributed by atoms with Gasteiger partial charge in [-0.05, 0) is 56.0 Å². The van der Waals surface area contributed by atoms with Crippen molar-refractivity contribution in [2.75, 3.05) is 26.2 Å². The molecule has 0 spiro atoms. The number of halogens is 1. The van der Waals surface area contributed by atoms with Gasteiger partial charge in [-0.25, -0.2) is 0 Å². The highest BCUT2D eigenvalue weighted by atomic mass is 35.5. The fourth-order valence-electron chi connectivity index (χ4n) is 3.87. The quantitative estimate of drug-likeness (QED) is 0.716. The Balaban J connectivity index is 1.30. The molecular weight excluding hydrogens is 408 g/mol. The lowest BCUT2D eigenvalue weighted by Gasteiger charge is -2.38. The van der Waals surface area contributed by atoms with Crippen molar-refractivity contribution in [3.63, 3.8) is 0 Å². The van der Waals surface area contributed by atoms with E-state index in [0.717, 1.165) is 6.42 Å². The summed E-state index contributed by atoms with van der Waals surface area (Å²) in [6, 6.07) is 11.1. The molecule has 1 saturated heterocycles. The molecule has 2 amide bonds. The van der Waals surface area contributed by atoms with E-state index >= 15 is 0 Å². The van der Waals surface area contributed by atoms with Crippen molar-refractivity contribution >= 4 is 34.8 Å². The van der Waals surface area contributed by atoms with Crippen LogP contribution in [-0.4, -0.2) is 53.4 Å². The zero-order chi connectivity index (χ0) is 20.6. The highest BCUT2D eigenvalue weighted by molar-refractivity contribution is 7.10. The van der Waals surface area contributed by atoms with Gasteiger partial charge >= 0.3 is 0 Å². The Bertz CT molecular complexity index is 874. The molecule has 2 atom stereocenters. The van der Waals surface area contributed by atoms with Gasteiger partial charge in [-0.2, -0.15) is 0 Å². The molecule has 1 aromatic carbocycles. The summed E-state index contributed by atoms with van der Waals surface area (Å²) in [5, 5.41) is 2.69. The number of nitrogens with zero attached hydrogens (tertiary/aromatic N) is 2. The molecule has 2 fully saturated rings. The number of hydrogen-bond acceptors (Lipinski definition) is 4. The molecule has 29 heavy (non-hydrogen) atoms. The first-order valence-electron chi connectivity index (χ1n) is 9.91. The predicted octanol–water partition coefficient (Wildman–Crippen LogP) is 4.03. The van der Waals surface area contributed by atoms with Crippen LogP contribution < -0.4 is 4.74 Å². The fraction of sp³-hybridized carbons (Fsp3) is 0.455. The molecule has 2 heterocycles. The van der Waals surface area contributed by atoms with Crippen molar-refractivity contribution < 1.29 is 14.3 Å². The molecule has 0 bridgehead atoms. The van der Waals surface area contributed by atoms with Gasteiger partial charge in [-0.3, -0.25) is 9.59 Å². The van der Waals surface area contributed by atoms with E-state index in [1.165, 1.54) is 4.88 Å². The standard InChI is InChI=1S/C22H25ClN2O3S/c1-22(2,28-16-7-5-15(23)6-8-16)21(27)25-11-9-24(10-12-25)20(26)18-14-17(18)19-4-3-13-29-19/h3-8,13,17-18H,9-12,14H2,1-2H3/t17-,18-/m1/s1. The molecule has 2 aliphatic rings. The summed E-state index contributed by atoms with van der Waals surface area (Å²) in [6.07, 6.45) is 0.945. The molecule has 1 saturated carbocycles. The first kappa shape index (κ1) is 20.2. The third kappa shape index (κ3) is 4.43. The average Bonchev–Trinajstić information content (AvgIpc) is 3.33. The number of hydrogen-bond donors (Lipinski definition) is 0. The fourth-order valence-corrected chi connectivity index (χ4v) is 4.90. The molecule has 0 radical (unpaired) electrons. The van der Waals surface area contributed by atoms with Crippen LogP contribution in [0.25, 0.3) is 0 Å². The van der Waals surface area contributed by atoms with E-state index in [4.69, 9.17) is 16.3 Å². The van der Waals surface area contributed by atoms with Crippen molar-refractivity contribution in [3.8, 4) is 5.75 Å². The molecule has 0 N–H and O–H groups in total. The monoisotopic (exact) mass is 432 g/mol. The van der Waals surface area contributed by atoms with Crippen LogP contribution in [-0.2, 0) is 9.59 Å². The van der Waals surface area contributed by atoms with Crippen molar-refractivity contribution in [1.82, 2.24) is 9.80 Å². The van der Waals surface area contributed by atoms with E-state index < -0.39 is 5.60 Å². The summed E-state index contributed by atoms with van der Waals surface area (Å²) in [5.74, 6) is 1.26. The smallest absolute Gasteiger partial charge is 0.266 e. The number of benzene rings is 1. The Morgan fingerprint density at radius 1 is 1.07 bits per heavy atom. The van der Waals surface area contributed by atoms with Crippen LogP contribution in [0.1, 0.15) is 31.1 Å². The molecule has 2 aromatic rings. The van der Waals surface area contributed by atoms with Crippen LogP contribution >= 0.6 is 22.9 Å². The van der Waals surface area contributed by atoms with Gasteiger partial charge in [0.1, 0.15) is 5.75 Å². The van der Waals surface area contributed by atoms with Gasteiger partial charge in [0.2, 0.25) is 5.91 Å². The van der Waals surface area contributed by atoms with Crippen LogP contribution in [0.4, 0.5) is 0 Å². The zero-order valence-corrected chi connectivity index (χ0v) is 18.2. The Morgan fingerprint density at radius 3 is 2.34 bits per heavy atom. The lowest BCUT2D eigenvalue weighted by molar-refractivity contribution is -0.150. The van der Waals surface area contributed by atoms with E-state index in [0.29, 0.717) is 42.9 Å². The van der Waals surface area contributed by atoms with Crippen LogP contribution in [0.3, 0.4) is 0 Å². The highest BCUT2D eigenvalue weighted by Crippen LogP contribution is 2.50. The summed E-state index contributed by atoms with van der Waals surface area (Å²) in [7, 11) is 0. The van der Waals surface area contributed by atoms with Crippen LogP contribution in [0.5, 0.6) is 5.75 Å². The summed E-state index contributed by atoms with van der Waals surface area (Å²) in [6.45, 7) is 5.78. The maximum Gasteiger partial charge on any atom is 0.266 e. The third-order valence-electron chi connectivity index (χ3n) is 5.60. The lowest BCUT2D eigenvalue weighted by Crippen LogP contribution is -2.56. The van der Waals surface area contributed by atoms with Gasteiger partial charge < -0.3 is 14.5 Å². The first-order valence-corrected chi connectivity index (χ1v) is 11.2. The number of ether oxygens (including phenoxy) is 1. The second-order valence-electron chi connectivity index (χ2n) is 8.15. The van der Waals surface area contributed by atoms with Crippen molar-refractivity contribution in [1.29, 1.82) is 0 Å². The predicted molar refractivity (Wildman–Crippen MR) is 114 cm³/mol. The second-order valence-corrected chi connectivity index (χ2v) is 9.56. The number of carbonyl (C=O) groups excluding carboxylic acids is 2. The van der Waals surface area contributed by atoms with Gasteiger partial charge in [-0.15, -0.1) is 11.3 Å². The maximum atomic E-state index is 13.0. The van der Waals surface area contributed by atoms with E-state index in [1.807, 2.05) is 11.0 Å². The molecule has 1 aliphatic heterocycles. The Kier molecular flexibility index (Phi) is 5.58. The van der Waals surface area contributed by atoms with Gasteiger partial charge in [0.05, 0.1) is 0 Å². The van der Waals surface area contributed by atoms with Gasteiger partial charge in [0, 0.05) is 47.9 Å². The molecule has 1 aromatic heterocycles. The SMILES string of the molecule is CC(C)(Oc1ccc(Cl)cc1)C(=O)N1CCN(C(=O)[C@@H]2C[C@H]2c2cccs2)CC1. The number of rotatable bonds is 5. The summed E-state index contributed by atoms with van der Waals surface area (Å²) in [5.41, 5.74) is -0.985. The van der Waals surface area contributed by atoms with Crippen LogP contribution in [0.15, 0.2) is 41.8 Å².